The number of H-pyrrole nitrogens is 1. The lowest BCUT2D eigenvalue weighted by Gasteiger charge is -2.18. The second kappa shape index (κ2) is 5.11. The zero-order valence-corrected chi connectivity index (χ0v) is 11.9. The molecule has 3 rings (SSSR count). The van der Waals surface area contributed by atoms with E-state index in [1.165, 1.54) is 24.3 Å². The molecule has 0 amide bonds. The molecule has 8 heteroatoms. The van der Waals surface area contributed by atoms with E-state index in [2.05, 4.69) is 9.97 Å². The third-order valence-corrected chi connectivity index (χ3v) is 4.06. The van der Waals surface area contributed by atoms with Crippen molar-refractivity contribution in [2.24, 2.45) is 0 Å². The number of hydrogen-bond acceptors (Lipinski definition) is 5. The monoisotopic (exact) mass is 320 g/mol. The number of hydrogen-bond donors (Lipinski definition) is 5. The summed E-state index contributed by atoms with van der Waals surface area (Å²) in [5.74, 6) is -0.493. The lowest BCUT2D eigenvalue weighted by atomic mass is 10.1. The number of benzene rings is 2. The molecule has 0 saturated heterocycles. The molecule has 0 unspecified atom stereocenters. The van der Waals surface area contributed by atoms with Crippen LogP contribution >= 0.6 is 10.9 Å². The molecule has 1 heterocycles. The van der Waals surface area contributed by atoms with Crippen LogP contribution in [0, 0.1) is 0 Å². The van der Waals surface area contributed by atoms with Crippen LogP contribution in [0.3, 0.4) is 0 Å². The Labute approximate surface area is 126 Å². The highest BCUT2D eigenvalue weighted by atomic mass is 32.3. The van der Waals surface area contributed by atoms with E-state index in [9.17, 15) is 18.5 Å². The molecule has 0 spiro atoms. The fourth-order valence-electron chi connectivity index (χ4n) is 2.07. The summed E-state index contributed by atoms with van der Waals surface area (Å²) in [4.78, 5) is 18.2. The average molecular weight is 320 g/mol. The normalized spacial score (nSPS) is 12.5. The molecule has 5 N–H and O–H groups in total. The van der Waals surface area contributed by atoms with E-state index in [0.29, 0.717) is 22.4 Å². The van der Waals surface area contributed by atoms with Crippen molar-refractivity contribution in [3.8, 4) is 11.4 Å². The van der Waals surface area contributed by atoms with Crippen molar-refractivity contribution in [1.29, 1.82) is 0 Å². The zero-order chi connectivity index (χ0) is 15.9. The van der Waals surface area contributed by atoms with Gasteiger partial charge < -0.3 is 23.7 Å². The van der Waals surface area contributed by atoms with Gasteiger partial charge in [0.1, 0.15) is 16.7 Å². The molecular weight excluding hydrogens is 308 g/mol. The number of fused-ring (bicyclic) bond motifs is 1. The topological polar surface area (TPSA) is 127 Å². The summed E-state index contributed by atoms with van der Waals surface area (Å²) < 4.78 is 27.8. The van der Waals surface area contributed by atoms with Gasteiger partial charge in [-0.15, -0.1) is 0 Å². The Morgan fingerprint density at radius 2 is 1.73 bits per heavy atom. The summed E-state index contributed by atoms with van der Waals surface area (Å²) in [5, 5.41) is 8.88. The third-order valence-electron chi connectivity index (χ3n) is 3.17. The summed E-state index contributed by atoms with van der Waals surface area (Å²) in [5.41, 5.74) is 1.99. The maximum Gasteiger partial charge on any atom is 0.335 e. The molecule has 0 radical (unpaired) electrons. The van der Waals surface area contributed by atoms with Crippen LogP contribution in [0.15, 0.2) is 47.4 Å². The fourth-order valence-corrected chi connectivity index (χ4v) is 2.59. The van der Waals surface area contributed by atoms with E-state index in [-0.39, 0.29) is 10.5 Å². The van der Waals surface area contributed by atoms with Gasteiger partial charge in [0.25, 0.3) is 0 Å². The van der Waals surface area contributed by atoms with Crippen LogP contribution < -0.4 is 0 Å². The smallest absolute Gasteiger partial charge is 0.335 e. The Bertz CT molecular complexity index is 852. The van der Waals surface area contributed by atoms with Gasteiger partial charge in [-0.3, -0.25) is 0 Å². The number of carboxylic acid groups (broad SMARTS) is 1. The fraction of sp³-hybridized carbons (Fsp3) is 0. The maximum atomic E-state index is 10.8. The highest BCUT2D eigenvalue weighted by Crippen LogP contribution is 2.44. The minimum absolute atomic E-state index is 0.00331. The lowest BCUT2D eigenvalue weighted by Crippen LogP contribution is -1.95. The highest BCUT2D eigenvalue weighted by molar-refractivity contribution is 8.19. The minimum Gasteiger partial charge on any atom is -0.478 e. The number of aromatic amines is 1. The van der Waals surface area contributed by atoms with Crippen molar-refractivity contribution in [3.63, 3.8) is 0 Å². The predicted molar refractivity (Wildman–Crippen MR) is 82.2 cm³/mol. The van der Waals surface area contributed by atoms with Crippen molar-refractivity contribution in [2.75, 3.05) is 0 Å². The number of aromatic carboxylic acids is 1. The van der Waals surface area contributed by atoms with Gasteiger partial charge >= 0.3 is 5.97 Å². The van der Waals surface area contributed by atoms with Gasteiger partial charge in [0, 0.05) is 5.56 Å². The Balaban J connectivity index is 2.03. The number of imidazole rings is 1. The summed E-state index contributed by atoms with van der Waals surface area (Å²) >= 11 is 0. The quantitative estimate of drug-likeness (QED) is 0.502. The summed E-state index contributed by atoms with van der Waals surface area (Å²) in [7, 11) is -3.78. The van der Waals surface area contributed by atoms with Crippen LogP contribution in [0.4, 0.5) is 0 Å². The first-order chi connectivity index (χ1) is 10.3. The molecule has 1 aromatic heterocycles. The average Bonchev–Trinajstić information content (AvgIpc) is 2.89. The van der Waals surface area contributed by atoms with Crippen LogP contribution in [-0.2, 0) is 0 Å². The van der Waals surface area contributed by atoms with Crippen LogP contribution in [0.5, 0.6) is 0 Å². The molecule has 0 atom stereocenters. The van der Waals surface area contributed by atoms with Crippen molar-refractivity contribution in [1.82, 2.24) is 9.97 Å². The second-order valence-electron chi connectivity index (χ2n) is 4.67. The molecule has 3 aromatic rings. The Kier molecular flexibility index (Phi) is 3.38. The van der Waals surface area contributed by atoms with E-state index in [1.54, 1.807) is 18.2 Å². The molecule has 0 bridgehead atoms. The summed E-state index contributed by atoms with van der Waals surface area (Å²) in [6, 6.07) is 10.5. The van der Waals surface area contributed by atoms with E-state index in [4.69, 9.17) is 5.11 Å². The number of carboxylic acids is 1. The number of nitrogens with one attached hydrogen (secondary N) is 1. The van der Waals surface area contributed by atoms with Gasteiger partial charge in [0.15, 0.2) is 0 Å². The zero-order valence-electron chi connectivity index (χ0n) is 11.1. The molecular formula is C14H12N2O5S. The van der Waals surface area contributed by atoms with Crippen LogP contribution in [0.25, 0.3) is 22.4 Å². The minimum atomic E-state index is -3.78. The third kappa shape index (κ3) is 2.68. The van der Waals surface area contributed by atoms with E-state index < -0.39 is 16.8 Å². The second-order valence-corrected chi connectivity index (χ2v) is 6.17. The number of aromatic nitrogens is 2. The van der Waals surface area contributed by atoms with E-state index in [1.807, 2.05) is 0 Å². The Hall–Kier alpha value is -2.39. The Morgan fingerprint density at radius 3 is 2.32 bits per heavy atom. The molecule has 22 heavy (non-hydrogen) atoms. The SMILES string of the molecule is O=C(O)c1ccc(-c2nc3ccc(S(O)(O)O)cc3[nH]2)cc1. The molecule has 0 saturated carbocycles. The molecule has 114 valence electrons. The standard InChI is InChI=1S/C14H12N2O5S/c17-14(18)9-3-1-8(2-4-9)13-15-11-6-5-10(22(19,20)21)7-12(11)16-13/h1-7,19-21H,(H,15,16)(H,17,18). The highest BCUT2D eigenvalue weighted by Gasteiger charge is 2.17. The van der Waals surface area contributed by atoms with Gasteiger partial charge in [0.05, 0.1) is 21.5 Å². The van der Waals surface area contributed by atoms with Crippen molar-refractivity contribution >= 4 is 27.9 Å². The first-order valence-electron chi connectivity index (χ1n) is 6.19. The Morgan fingerprint density at radius 1 is 1.05 bits per heavy atom. The lowest BCUT2D eigenvalue weighted by molar-refractivity contribution is 0.0697. The van der Waals surface area contributed by atoms with E-state index >= 15 is 0 Å². The summed E-state index contributed by atoms with van der Waals surface area (Å²) in [6.07, 6.45) is 0. The summed E-state index contributed by atoms with van der Waals surface area (Å²) in [6.45, 7) is 0. The van der Waals surface area contributed by atoms with Crippen LogP contribution in [0.2, 0.25) is 0 Å². The molecule has 0 fully saturated rings. The van der Waals surface area contributed by atoms with E-state index in [0.717, 1.165) is 0 Å². The van der Waals surface area contributed by atoms with Crippen molar-refractivity contribution in [3.05, 3.63) is 48.0 Å². The molecule has 0 aliphatic carbocycles. The van der Waals surface area contributed by atoms with Crippen molar-refractivity contribution < 1.29 is 23.6 Å². The number of carbonyl (C=O) groups is 1. The van der Waals surface area contributed by atoms with Gasteiger partial charge in [-0.25, -0.2) is 9.78 Å². The van der Waals surface area contributed by atoms with Gasteiger partial charge in [-0.05, 0) is 30.3 Å². The molecule has 7 nitrogen and oxygen atoms in total. The maximum absolute atomic E-state index is 10.8. The first-order valence-corrected chi connectivity index (χ1v) is 7.69. The van der Waals surface area contributed by atoms with Gasteiger partial charge in [-0.1, -0.05) is 12.1 Å². The first kappa shape index (κ1) is 14.5. The van der Waals surface area contributed by atoms with Crippen LogP contribution in [-0.4, -0.2) is 34.7 Å². The molecule has 2 aromatic carbocycles. The largest absolute Gasteiger partial charge is 0.478 e. The number of nitrogens with zero attached hydrogens (tertiary/aromatic N) is 1. The molecule has 0 aliphatic heterocycles. The van der Waals surface area contributed by atoms with Crippen molar-refractivity contribution in [2.45, 2.75) is 4.90 Å². The van der Waals surface area contributed by atoms with Gasteiger partial charge in [0.2, 0.25) is 0 Å². The van der Waals surface area contributed by atoms with Crippen LogP contribution in [0.1, 0.15) is 10.4 Å². The predicted octanol–water partition coefficient (Wildman–Crippen LogP) is 3.51. The number of rotatable bonds is 3. The van der Waals surface area contributed by atoms with Gasteiger partial charge in [-0.2, -0.15) is 0 Å². The molecule has 0 aliphatic rings.